The largest absolute Gasteiger partial charge is 0.324 e. The minimum Gasteiger partial charge on any atom is -0.324 e. The van der Waals surface area contributed by atoms with Gasteiger partial charge in [0.05, 0.1) is 16.5 Å². The number of halogens is 2. The van der Waals surface area contributed by atoms with Crippen molar-refractivity contribution in [2.45, 2.75) is 11.8 Å². The van der Waals surface area contributed by atoms with Crippen LogP contribution in [0.4, 0.5) is 11.4 Å². The number of hydrogen-bond acceptors (Lipinski definition) is 3. The topological polar surface area (TPSA) is 58.2 Å². The van der Waals surface area contributed by atoms with Gasteiger partial charge in [0.25, 0.3) is 5.91 Å². The molecule has 2 amide bonds. The first kappa shape index (κ1) is 21.2. The normalized spacial score (nSPS) is 10.4. The van der Waals surface area contributed by atoms with Gasteiger partial charge in [0, 0.05) is 21.2 Å². The highest BCUT2D eigenvalue weighted by Gasteiger charge is 2.09. The van der Waals surface area contributed by atoms with Crippen molar-refractivity contribution in [3.8, 4) is 0 Å². The van der Waals surface area contributed by atoms with E-state index in [4.69, 9.17) is 23.2 Å². The maximum atomic E-state index is 12.4. The van der Waals surface area contributed by atoms with E-state index in [1.54, 1.807) is 30.3 Å². The molecule has 0 saturated heterocycles. The summed E-state index contributed by atoms with van der Waals surface area (Å²) in [4.78, 5) is 25.4. The van der Waals surface area contributed by atoms with E-state index in [-0.39, 0.29) is 17.6 Å². The lowest BCUT2D eigenvalue weighted by Gasteiger charge is -2.09. The maximum absolute atomic E-state index is 12.4. The molecule has 0 atom stereocenters. The smallest absolute Gasteiger partial charge is 0.255 e. The number of aryl methyl sites for hydroxylation is 1. The predicted molar refractivity (Wildman–Crippen MR) is 121 cm³/mol. The van der Waals surface area contributed by atoms with E-state index in [2.05, 4.69) is 10.6 Å². The molecule has 0 fully saturated rings. The van der Waals surface area contributed by atoms with Gasteiger partial charge in [-0.1, -0.05) is 47.0 Å². The Labute approximate surface area is 183 Å². The zero-order valence-corrected chi connectivity index (χ0v) is 17.9. The number of rotatable bonds is 6. The Morgan fingerprint density at radius 3 is 2.41 bits per heavy atom. The SMILES string of the molecule is Cc1ccc(C(=O)Nc2cccc(SCC(=O)Nc3ccc(Cl)cc3Cl)c2)cc1. The molecule has 0 aliphatic heterocycles. The first-order valence-corrected chi connectivity index (χ1v) is 10.5. The van der Waals surface area contributed by atoms with Gasteiger partial charge in [-0.25, -0.2) is 0 Å². The zero-order valence-electron chi connectivity index (χ0n) is 15.5. The van der Waals surface area contributed by atoms with Crippen LogP contribution in [0.15, 0.2) is 71.6 Å². The Kier molecular flexibility index (Phi) is 7.20. The first-order chi connectivity index (χ1) is 13.9. The average molecular weight is 445 g/mol. The molecule has 7 heteroatoms. The van der Waals surface area contributed by atoms with Crippen LogP contribution in [-0.2, 0) is 4.79 Å². The Hall–Kier alpha value is -2.47. The summed E-state index contributed by atoms with van der Waals surface area (Å²) in [5.74, 6) is -0.162. The molecule has 29 heavy (non-hydrogen) atoms. The lowest BCUT2D eigenvalue weighted by Crippen LogP contribution is -2.14. The van der Waals surface area contributed by atoms with Gasteiger partial charge >= 0.3 is 0 Å². The number of anilines is 2. The van der Waals surface area contributed by atoms with E-state index in [1.807, 2.05) is 43.3 Å². The highest BCUT2D eigenvalue weighted by molar-refractivity contribution is 8.00. The van der Waals surface area contributed by atoms with Crippen LogP contribution in [0, 0.1) is 6.92 Å². The summed E-state index contributed by atoms with van der Waals surface area (Å²) in [6.07, 6.45) is 0. The van der Waals surface area contributed by atoms with E-state index in [0.717, 1.165) is 10.5 Å². The van der Waals surface area contributed by atoms with E-state index >= 15 is 0 Å². The number of carbonyl (C=O) groups excluding carboxylic acids is 2. The molecule has 0 radical (unpaired) electrons. The van der Waals surface area contributed by atoms with Gasteiger partial charge < -0.3 is 10.6 Å². The fourth-order valence-corrected chi connectivity index (χ4v) is 3.71. The molecular weight excluding hydrogens is 427 g/mol. The standard InChI is InChI=1S/C22H18Cl2N2O2S/c1-14-5-7-15(8-6-14)22(28)25-17-3-2-4-18(12-17)29-13-21(27)26-20-10-9-16(23)11-19(20)24/h2-12H,13H2,1H3,(H,25,28)(H,26,27). The molecule has 0 spiro atoms. The van der Waals surface area contributed by atoms with Crippen LogP contribution in [0.3, 0.4) is 0 Å². The maximum Gasteiger partial charge on any atom is 0.255 e. The van der Waals surface area contributed by atoms with Crippen molar-refractivity contribution in [2.24, 2.45) is 0 Å². The van der Waals surface area contributed by atoms with Crippen LogP contribution in [0.2, 0.25) is 10.0 Å². The number of thioether (sulfide) groups is 1. The Balaban J connectivity index is 1.57. The molecule has 0 heterocycles. The van der Waals surface area contributed by atoms with Crippen LogP contribution >= 0.6 is 35.0 Å². The minimum absolute atomic E-state index is 0.178. The van der Waals surface area contributed by atoms with E-state index in [9.17, 15) is 9.59 Å². The number of nitrogens with one attached hydrogen (secondary N) is 2. The van der Waals surface area contributed by atoms with E-state index in [1.165, 1.54) is 11.8 Å². The Morgan fingerprint density at radius 1 is 0.931 bits per heavy atom. The van der Waals surface area contributed by atoms with Gasteiger partial charge in [0.2, 0.25) is 5.91 Å². The van der Waals surface area contributed by atoms with Crippen LogP contribution in [0.25, 0.3) is 0 Å². The summed E-state index contributed by atoms with van der Waals surface area (Å²) in [5, 5.41) is 6.53. The molecular formula is C22H18Cl2N2O2S. The van der Waals surface area contributed by atoms with Crippen molar-refractivity contribution >= 4 is 58.2 Å². The fourth-order valence-electron chi connectivity index (χ4n) is 2.50. The molecule has 3 aromatic rings. The van der Waals surface area contributed by atoms with Crippen LogP contribution < -0.4 is 10.6 Å². The van der Waals surface area contributed by atoms with Gasteiger partial charge in [0.1, 0.15) is 0 Å². The van der Waals surface area contributed by atoms with Crippen LogP contribution in [0.5, 0.6) is 0 Å². The highest BCUT2D eigenvalue weighted by Crippen LogP contribution is 2.26. The summed E-state index contributed by atoms with van der Waals surface area (Å²) in [6.45, 7) is 1.97. The van der Waals surface area contributed by atoms with Gasteiger partial charge in [-0.05, 0) is 55.5 Å². The third-order valence-corrected chi connectivity index (χ3v) is 5.52. The third-order valence-electron chi connectivity index (χ3n) is 3.98. The number of amides is 2. The summed E-state index contributed by atoms with van der Waals surface area (Å²) in [6, 6.07) is 19.6. The number of benzene rings is 3. The molecule has 3 aromatic carbocycles. The van der Waals surface area contributed by atoms with E-state index < -0.39 is 0 Å². The van der Waals surface area contributed by atoms with Crippen molar-refractivity contribution in [3.05, 3.63) is 87.9 Å². The van der Waals surface area contributed by atoms with E-state index in [0.29, 0.717) is 27.0 Å². The van der Waals surface area contributed by atoms with Crippen molar-refractivity contribution in [1.82, 2.24) is 0 Å². The van der Waals surface area contributed by atoms with Gasteiger partial charge in [-0.2, -0.15) is 0 Å². The lowest BCUT2D eigenvalue weighted by molar-refractivity contribution is -0.113. The molecule has 148 valence electrons. The quantitative estimate of drug-likeness (QED) is 0.439. The molecule has 2 N–H and O–H groups in total. The molecule has 0 saturated carbocycles. The van der Waals surface area contributed by atoms with Gasteiger partial charge in [-0.15, -0.1) is 11.8 Å². The molecule has 3 rings (SSSR count). The molecule has 0 bridgehead atoms. The zero-order chi connectivity index (χ0) is 20.8. The first-order valence-electron chi connectivity index (χ1n) is 8.76. The van der Waals surface area contributed by atoms with Crippen molar-refractivity contribution in [1.29, 1.82) is 0 Å². The second-order valence-electron chi connectivity index (χ2n) is 6.31. The predicted octanol–water partition coefficient (Wildman–Crippen LogP) is 6.28. The van der Waals surface area contributed by atoms with Crippen LogP contribution in [-0.4, -0.2) is 17.6 Å². The molecule has 0 aliphatic carbocycles. The average Bonchev–Trinajstić information content (AvgIpc) is 2.69. The van der Waals surface area contributed by atoms with Crippen LogP contribution in [0.1, 0.15) is 15.9 Å². The van der Waals surface area contributed by atoms with Crippen molar-refractivity contribution in [2.75, 3.05) is 16.4 Å². The van der Waals surface area contributed by atoms with Gasteiger partial charge in [-0.3, -0.25) is 9.59 Å². The Morgan fingerprint density at radius 2 is 1.69 bits per heavy atom. The summed E-state index contributed by atoms with van der Waals surface area (Å²) in [7, 11) is 0. The lowest BCUT2D eigenvalue weighted by atomic mass is 10.1. The minimum atomic E-state index is -0.187. The van der Waals surface area contributed by atoms with Crippen molar-refractivity contribution in [3.63, 3.8) is 0 Å². The highest BCUT2D eigenvalue weighted by atomic mass is 35.5. The summed E-state index contributed by atoms with van der Waals surface area (Å²) in [5.41, 5.74) is 2.87. The number of carbonyl (C=O) groups is 2. The Bertz CT molecular complexity index is 1040. The second kappa shape index (κ2) is 9.83. The van der Waals surface area contributed by atoms with Crippen molar-refractivity contribution < 1.29 is 9.59 Å². The number of hydrogen-bond donors (Lipinski definition) is 2. The molecule has 0 aromatic heterocycles. The fraction of sp³-hybridized carbons (Fsp3) is 0.0909. The molecule has 0 aliphatic rings. The molecule has 4 nitrogen and oxygen atoms in total. The molecule has 0 unspecified atom stereocenters. The summed E-state index contributed by atoms with van der Waals surface area (Å²) < 4.78 is 0. The monoisotopic (exact) mass is 444 g/mol. The van der Waals surface area contributed by atoms with Gasteiger partial charge in [0.15, 0.2) is 0 Å². The second-order valence-corrected chi connectivity index (χ2v) is 8.20. The third kappa shape index (κ3) is 6.26. The summed E-state index contributed by atoms with van der Waals surface area (Å²) >= 11 is 13.3.